The minimum absolute atomic E-state index is 0.0436. The maximum absolute atomic E-state index is 13.2. The van der Waals surface area contributed by atoms with Crippen molar-refractivity contribution in [2.24, 2.45) is 0 Å². The van der Waals surface area contributed by atoms with Crippen molar-refractivity contribution in [1.29, 1.82) is 0 Å². The van der Waals surface area contributed by atoms with E-state index in [-0.39, 0.29) is 24.2 Å². The van der Waals surface area contributed by atoms with Gasteiger partial charge < -0.3 is 10.2 Å². The topological polar surface area (TPSA) is 49.4 Å². The van der Waals surface area contributed by atoms with Gasteiger partial charge in [-0.3, -0.25) is 9.59 Å². The third kappa shape index (κ3) is 5.56. The van der Waals surface area contributed by atoms with Crippen LogP contribution in [-0.2, 0) is 4.79 Å². The van der Waals surface area contributed by atoms with Gasteiger partial charge in [-0.2, -0.15) is 0 Å². The highest BCUT2D eigenvalue weighted by Crippen LogP contribution is 2.27. The summed E-state index contributed by atoms with van der Waals surface area (Å²) in [5.41, 5.74) is 2.61. The number of hydrogen-bond donors (Lipinski definition) is 1. The van der Waals surface area contributed by atoms with E-state index >= 15 is 0 Å². The fraction of sp³-hybridized carbons (Fsp3) is 0.357. The standard InChI is InChI=1S/C28H34N2O2/c1-5-11-23(6-2)30(4)24-15-9-14-22(19-24)28(32)29-27(18-20(3)31)26-17-10-13-21-12-7-8-16-25(21)26/h7-10,12-17,19,23,27H,5-6,11,18H2,1-4H3,(H,29,32). The molecule has 0 bridgehead atoms. The summed E-state index contributed by atoms with van der Waals surface area (Å²) in [5.74, 6) is -0.120. The second-order valence-electron chi connectivity index (χ2n) is 8.51. The molecule has 3 aromatic rings. The Morgan fingerprint density at radius 1 is 0.969 bits per heavy atom. The Bertz CT molecular complexity index is 1070. The maximum Gasteiger partial charge on any atom is 0.251 e. The van der Waals surface area contributed by atoms with Crippen molar-refractivity contribution >= 4 is 28.2 Å². The number of anilines is 1. The smallest absolute Gasteiger partial charge is 0.251 e. The number of carbonyl (C=O) groups excluding carboxylic acids is 2. The van der Waals surface area contributed by atoms with Crippen LogP contribution in [0, 0.1) is 0 Å². The van der Waals surface area contributed by atoms with Crippen molar-refractivity contribution in [3.05, 3.63) is 77.9 Å². The number of rotatable bonds is 10. The molecule has 0 saturated carbocycles. The van der Waals surface area contributed by atoms with E-state index < -0.39 is 0 Å². The Hall–Kier alpha value is -3.14. The molecule has 32 heavy (non-hydrogen) atoms. The lowest BCUT2D eigenvalue weighted by Crippen LogP contribution is -2.32. The molecule has 0 aliphatic heterocycles. The number of hydrogen-bond acceptors (Lipinski definition) is 3. The van der Waals surface area contributed by atoms with Crippen LogP contribution in [0.25, 0.3) is 10.8 Å². The molecule has 0 aromatic heterocycles. The lowest BCUT2D eigenvalue weighted by atomic mass is 9.95. The van der Waals surface area contributed by atoms with E-state index in [0.29, 0.717) is 11.6 Å². The normalized spacial score (nSPS) is 12.9. The Morgan fingerprint density at radius 3 is 2.41 bits per heavy atom. The number of carbonyl (C=O) groups is 2. The zero-order chi connectivity index (χ0) is 23.1. The van der Waals surface area contributed by atoms with E-state index in [1.807, 2.05) is 66.7 Å². The molecule has 0 spiro atoms. The predicted octanol–water partition coefficient (Wildman–Crippen LogP) is 6.30. The Labute approximate surface area is 191 Å². The number of benzene rings is 3. The van der Waals surface area contributed by atoms with Crippen molar-refractivity contribution in [2.45, 2.75) is 58.5 Å². The summed E-state index contributed by atoms with van der Waals surface area (Å²) in [6, 6.07) is 21.9. The van der Waals surface area contributed by atoms with Crippen LogP contribution in [0.1, 0.15) is 68.4 Å². The summed E-state index contributed by atoms with van der Waals surface area (Å²) in [5, 5.41) is 5.28. The van der Waals surface area contributed by atoms with Gasteiger partial charge in [-0.05, 0) is 54.3 Å². The number of amides is 1. The van der Waals surface area contributed by atoms with Gasteiger partial charge in [-0.15, -0.1) is 0 Å². The van der Waals surface area contributed by atoms with E-state index in [1.165, 1.54) is 0 Å². The first-order valence-electron chi connectivity index (χ1n) is 11.5. The molecule has 168 valence electrons. The van der Waals surface area contributed by atoms with E-state index in [0.717, 1.165) is 41.3 Å². The Morgan fingerprint density at radius 2 is 1.69 bits per heavy atom. The first kappa shape index (κ1) is 23.5. The van der Waals surface area contributed by atoms with Gasteiger partial charge in [-0.25, -0.2) is 0 Å². The Kier molecular flexibility index (Phi) is 8.04. The molecule has 4 heteroatoms. The van der Waals surface area contributed by atoms with E-state index in [1.54, 1.807) is 6.92 Å². The highest BCUT2D eigenvalue weighted by atomic mass is 16.2. The molecule has 1 amide bonds. The van der Waals surface area contributed by atoms with E-state index in [4.69, 9.17) is 0 Å². The number of nitrogens with zero attached hydrogens (tertiary/aromatic N) is 1. The third-order valence-corrected chi connectivity index (χ3v) is 6.15. The average molecular weight is 431 g/mol. The largest absolute Gasteiger partial charge is 0.372 e. The quantitative estimate of drug-likeness (QED) is 0.410. The highest BCUT2D eigenvalue weighted by molar-refractivity contribution is 5.96. The molecule has 2 unspecified atom stereocenters. The minimum Gasteiger partial charge on any atom is -0.372 e. The monoisotopic (exact) mass is 430 g/mol. The molecule has 3 aromatic carbocycles. The third-order valence-electron chi connectivity index (χ3n) is 6.15. The van der Waals surface area contributed by atoms with Gasteiger partial charge in [0.2, 0.25) is 0 Å². The van der Waals surface area contributed by atoms with Crippen LogP contribution in [0.2, 0.25) is 0 Å². The second-order valence-corrected chi connectivity index (χ2v) is 8.51. The molecule has 0 aliphatic rings. The SMILES string of the molecule is CCCC(CC)N(C)c1cccc(C(=O)NC(CC(C)=O)c2cccc3ccccc23)c1. The van der Waals surface area contributed by atoms with E-state index in [2.05, 4.69) is 31.1 Å². The van der Waals surface area contributed by atoms with Crippen molar-refractivity contribution in [3.63, 3.8) is 0 Å². The highest BCUT2D eigenvalue weighted by Gasteiger charge is 2.20. The molecular formula is C28H34N2O2. The molecule has 2 atom stereocenters. The van der Waals surface area contributed by atoms with Gasteiger partial charge in [0, 0.05) is 30.8 Å². The van der Waals surface area contributed by atoms with Crippen LogP contribution in [0.4, 0.5) is 5.69 Å². The molecule has 0 heterocycles. The fourth-order valence-electron chi connectivity index (χ4n) is 4.40. The number of fused-ring (bicyclic) bond motifs is 1. The van der Waals surface area contributed by atoms with Gasteiger partial charge >= 0.3 is 0 Å². The van der Waals surface area contributed by atoms with Gasteiger partial charge in [0.05, 0.1) is 6.04 Å². The number of nitrogens with one attached hydrogen (secondary N) is 1. The zero-order valence-electron chi connectivity index (χ0n) is 19.6. The van der Waals surface area contributed by atoms with Crippen LogP contribution in [0.15, 0.2) is 66.7 Å². The Balaban J connectivity index is 1.88. The van der Waals surface area contributed by atoms with Crippen LogP contribution in [-0.4, -0.2) is 24.8 Å². The van der Waals surface area contributed by atoms with E-state index in [9.17, 15) is 9.59 Å². The molecule has 0 aliphatic carbocycles. The first-order valence-corrected chi connectivity index (χ1v) is 11.5. The van der Waals surface area contributed by atoms with Crippen LogP contribution >= 0.6 is 0 Å². The fourth-order valence-corrected chi connectivity index (χ4v) is 4.40. The summed E-state index contributed by atoms with van der Waals surface area (Å²) in [6.07, 6.45) is 3.56. The second kappa shape index (κ2) is 10.9. The van der Waals surface area contributed by atoms with Crippen molar-refractivity contribution in [1.82, 2.24) is 5.32 Å². The van der Waals surface area contributed by atoms with Crippen LogP contribution < -0.4 is 10.2 Å². The first-order chi connectivity index (χ1) is 15.4. The molecule has 0 radical (unpaired) electrons. The molecule has 1 N–H and O–H groups in total. The predicted molar refractivity (Wildman–Crippen MR) is 133 cm³/mol. The van der Waals surface area contributed by atoms with Gasteiger partial charge in [0.25, 0.3) is 5.91 Å². The van der Waals surface area contributed by atoms with Crippen molar-refractivity contribution in [3.8, 4) is 0 Å². The summed E-state index contributed by atoms with van der Waals surface area (Å²) >= 11 is 0. The minimum atomic E-state index is -0.379. The summed E-state index contributed by atoms with van der Waals surface area (Å²) in [6.45, 7) is 5.96. The van der Waals surface area contributed by atoms with Gasteiger partial charge in [0.1, 0.15) is 5.78 Å². The molecule has 0 saturated heterocycles. The molecular weight excluding hydrogens is 396 g/mol. The molecule has 0 fully saturated rings. The lowest BCUT2D eigenvalue weighted by Gasteiger charge is -2.29. The van der Waals surface area contributed by atoms with Crippen molar-refractivity contribution in [2.75, 3.05) is 11.9 Å². The lowest BCUT2D eigenvalue weighted by molar-refractivity contribution is -0.117. The zero-order valence-corrected chi connectivity index (χ0v) is 19.6. The van der Waals surface area contributed by atoms with Gasteiger partial charge in [-0.1, -0.05) is 68.8 Å². The van der Waals surface area contributed by atoms with Crippen LogP contribution in [0.5, 0.6) is 0 Å². The maximum atomic E-state index is 13.2. The number of Topliss-reactive ketones (excluding diaryl/α,β-unsaturated/α-hetero) is 1. The van der Waals surface area contributed by atoms with Crippen LogP contribution in [0.3, 0.4) is 0 Å². The number of ketones is 1. The van der Waals surface area contributed by atoms with Crippen molar-refractivity contribution < 1.29 is 9.59 Å². The summed E-state index contributed by atoms with van der Waals surface area (Å²) in [4.78, 5) is 27.5. The summed E-state index contributed by atoms with van der Waals surface area (Å²) < 4.78 is 0. The molecule has 4 nitrogen and oxygen atoms in total. The average Bonchev–Trinajstić information content (AvgIpc) is 2.81. The van der Waals surface area contributed by atoms with Gasteiger partial charge in [0.15, 0.2) is 0 Å². The molecule has 3 rings (SSSR count). The summed E-state index contributed by atoms with van der Waals surface area (Å²) in [7, 11) is 2.09.